The van der Waals surface area contributed by atoms with E-state index in [1.165, 1.54) is 0 Å². The molecular formula is C17H23N3O. The number of nitrogens with zero attached hydrogens (tertiary/aromatic N) is 2. The third kappa shape index (κ3) is 3.88. The molecule has 0 fully saturated rings. The standard InChI is InChI=1S/C17H23N3O/c1-4-20(12-14-8-5-6-11-19-14)15-9-7-10-16(17(15)18)21-13(2)3/h5-11,13H,4,12,18H2,1-3H3. The second-order valence-electron chi connectivity index (χ2n) is 5.19. The molecule has 0 spiro atoms. The number of rotatable bonds is 6. The first kappa shape index (κ1) is 15.2. The van der Waals surface area contributed by atoms with Crippen molar-refractivity contribution in [2.75, 3.05) is 17.2 Å². The number of anilines is 2. The van der Waals surface area contributed by atoms with E-state index in [2.05, 4.69) is 16.8 Å². The summed E-state index contributed by atoms with van der Waals surface area (Å²) < 4.78 is 5.76. The Morgan fingerprint density at radius 3 is 2.62 bits per heavy atom. The predicted molar refractivity (Wildman–Crippen MR) is 87.6 cm³/mol. The SMILES string of the molecule is CCN(Cc1ccccn1)c1cccc(OC(C)C)c1N. The predicted octanol–water partition coefficient (Wildman–Crippen LogP) is 3.48. The molecule has 0 aliphatic carbocycles. The Kier molecular flexibility index (Phi) is 5.04. The van der Waals surface area contributed by atoms with Gasteiger partial charge in [0.1, 0.15) is 5.75 Å². The van der Waals surface area contributed by atoms with Crippen molar-refractivity contribution in [1.29, 1.82) is 0 Å². The topological polar surface area (TPSA) is 51.4 Å². The van der Waals surface area contributed by atoms with Crippen molar-refractivity contribution in [1.82, 2.24) is 4.98 Å². The van der Waals surface area contributed by atoms with E-state index in [0.29, 0.717) is 5.69 Å². The number of para-hydroxylation sites is 1. The average molecular weight is 285 g/mol. The fourth-order valence-electron chi connectivity index (χ4n) is 2.22. The number of nitrogen functional groups attached to an aromatic ring is 1. The van der Waals surface area contributed by atoms with Crippen LogP contribution < -0.4 is 15.4 Å². The van der Waals surface area contributed by atoms with Gasteiger partial charge in [-0.25, -0.2) is 0 Å². The van der Waals surface area contributed by atoms with Gasteiger partial charge >= 0.3 is 0 Å². The minimum atomic E-state index is 0.105. The summed E-state index contributed by atoms with van der Waals surface area (Å²) in [5.74, 6) is 0.738. The highest BCUT2D eigenvalue weighted by Crippen LogP contribution is 2.33. The van der Waals surface area contributed by atoms with Gasteiger partial charge in [0.2, 0.25) is 0 Å². The van der Waals surface area contributed by atoms with Crippen LogP contribution in [0.3, 0.4) is 0 Å². The van der Waals surface area contributed by atoms with E-state index < -0.39 is 0 Å². The summed E-state index contributed by atoms with van der Waals surface area (Å²) in [6.07, 6.45) is 1.92. The summed E-state index contributed by atoms with van der Waals surface area (Å²) in [5, 5.41) is 0. The maximum atomic E-state index is 6.27. The molecule has 0 saturated heterocycles. The first-order chi connectivity index (χ1) is 10.1. The summed E-state index contributed by atoms with van der Waals surface area (Å²) >= 11 is 0. The molecule has 1 heterocycles. The van der Waals surface area contributed by atoms with Crippen LogP contribution >= 0.6 is 0 Å². The van der Waals surface area contributed by atoms with E-state index in [1.54, 1.807) is 0 Å². The molecule has 0 unspecified atom stereocenters. The fraction of sp³-hybridized carbons (Fsp3) is 0.353. The van der Waals surface area contributed by atoms with Crippen LogP contribution in [-0.4, -0.2) is 17.6 Å². The molecule has 112 valence electrons. The van der Waals surface area contributed by atoms with Crippen LogP contribution in [0.15, 0.2) is 42.6 Å². The number of aromatic nitrogens is 1. The molecule has 2 rings (SSSR count). The summed E-state index contributed by atoms with van der Waals surface area (Å²) in [7, 11) is 0. The Morgan fingerprint density at radius 2 is 2.00 bits per heavy atom. The van der Waals surface area contributed by atoms with Crippen LogP contribution in [0.5, 0.6) is 5.75 Å². The summed E-state index contributed by atoms with van der Waals surface area (Å²) in [6, 6.07) is 11.9. The average Bonchev–Trinajstić information content (AvgIpc) is 2.48. The van der Waals surface area contributed by atoms with Crippen LogP contribution in [0.2, 0.25) is 0 Å². The van der Waals surface area contributed by atoms with Gasteiger partial charge < -0.3 is 15.4 Å². The van der Waals surface area contributed by atoms with Gasteiger partial charge in [-0.05, 0) is 45.0 Å². The van der Waals surface area contributed by atoms with Crippen molar-refractivity contribution in [2.45, 2.75) is 33.4 Å². The van der Waals surface area contributed by atoms with Gasteiger partial charge in [-0.1, -0.05) is 12.1 Å². The monoisotopic (exact) mass is 285 g/mol. The van der Waals surface area contributed by atoms with E-state index >= 15 is 0 Å². The molecule has 4 nitrogen and oxygen atoms in total. The molecule has 2 aromatic rings. The lowest BCUT2D eigenvalue weighted by Gasteiger charge is -2.25. The molecule has 0 bridgehead atoms. The molecule has 0 atom stereocenters. The number of ether oxygens (including phenoxy) is 1. The van der Waals surface area contributed by atoms with Crippen LogP contribution in [0, 0.1) is 0 Å². The number of hydrogen-bond acceptors (Lipinski definition) is 4. The van der Waals surface area contributed by atoms with Gasteiger partial charge in [0.15, 0.2) is 0 Å². The Balaban J connectivity index is 2.25. The molecule has 0 saturated carbocycles. The fourth-order valence-corrected chi connectivity index (χ4v) is 2.22. The van der Waals surface area contributed by atoms with Gasteiger partial charge in [-0.3, -0.25) is 4.98 Å². The maximum Gasteiger partial charge on any atom is 0.144 e. The van der Waals surface area contributed by atoms with E-state index in [1.807, 2.05) is 56.4 Å². The van der Waals surface area contributed by atoms with E-state index in [-0.39, 0.29) is 6.10 Å². The third-order valence-electron chi connectivity index (χ3n) is 3.21. The zero-order valence-corrected chi connectivity index (χ0v) is 12.9. The van der Waals surface area contributed by atoms with Crippen molar-refractivity contribution in [3.05, 3.63) is 48.3 Å². The molecule has 21 heavy (non-hydrogen) atoms. The third-order valence-corrected chi connectivity index (χ3v) is 3.21. The van der Waals surface area contributed by atoms with Gasteiger partial charge in [-0.15, -0.1) is 0 Å². The number of benzene rings is 1. The lowest BCUT2D eigenvalue weighted by Crippen LogP contribution is -2.24. The van der Waals surface area contributed by atoms with Gasteiger partial charge in [-0.2, -0.15) is 0 Å². The number of hydrogen-bond donors (Lipinski definition) is 1. The van der Waals surface area contributed by atoms with Crippen molar-refractivity contribution >= 4 is 11.4 Å². The van der Waals surface area contributed by atoms with Crippen LogP contribution in [0.25, 0.3) is 0 Å². The largest absolute Gasteiger partial charge is 0.489 e. The van der Waals surface area contributed by atoms with E-state index in [4.69, 9.17) is 10.5 Å². The maximum absolute atomic E-state index is 6.27. The summed E-state index contributed by atoms with van der Waals surface area (Å²) in [4.78, 5) is 6.58. The summed E-state index contributed by atoms with van der Waals surface area (Å²) in [5.41, 5.74) is 8.97. The van der Waals surface area contributed by atoms with Crippen LogP contribution in [0.1, 0.15) is 26.5 Å². The lowest BCUT2D eigenvalue weighted by atomic mass is 10.2. The van der Waals surface area contributed by atoms with E-state index in [0.717, 1.165) is 30.2 Å². The molecular weight excluding hydrogens is 262 g/mol. The lowest BCUT2D eigenvalue weighted by molar-refractivity contribution is 0.244. The Bertz CT molecular complexity index is 570. The number of pyridine rings is 1. The Hall–Kier alpha value is -2.23. The highest BCUT2D eigenvalue weighted by atomic mass is 16.5. The zero-order chi connectivity index (χ0) is 15.2. The minimum Gasteiger partial charge on any atom is -0.489 e. The van der Waals surface area contributed by atoms with Crippen LogP contribution in [0.4, 0.5) is 11.4 Å². The summed E-state index contributed by atoms with van der Waals surface area (Å²) in [6.45, 7) is 7.69. The van der Waals surface area contributed by atoms with Crippen molar-refractivity contribution in [2.24, 2.45) is 0 Å². The minimum absolute atomic E-state index is 0.105. The molecule has 0 amide bonds. The molecule has 2 N–H and O–H groups in total. The van der Waals surface area contributed by atoms with Gasteiger partial charge in [0, 0.05) is 12.7 Å². The Labute approximate surface area is 126 Å². The quantitative estimate of drug-likeness (QED) is 0.826. The zero-order valence-electron chi connectivity index (χ0n) is 12.9. The molecule has 0 radical (unpaired) electrons. The first-order valence-electron chi connectivity index (χ1n) is 7.31. The Morgan fingerprint density at radius 1 is 1.19 bits per heavy atom. The first-order valence-corrected chi connectivity index (χ1v) is 7.31. The van der Waals surface area contributed by atoms with Gasteiger partial charge in [0.05, 0.1) is 29.7 Å². The molecule has 4 heteroatoms. The van der Waals surface area contributed by atoms with E-state index in [9.17, 15) is 0 Å². The van der Waals surface area contributed by atoms with Crippen molar-refractivity contribution in [3.63, 3.8) is 0 Å². The second-order valence-corrected chi connectivity index (χ2v) is 5.19. The van der Waals surface area contributed by atoms with Crippen molar-refractivity contribution in [3.8, 4) is 5.75 Å². The van der Waals surface area contributed by atoms with Gasteiger partial charge in [0.25, 0.3) is 0 Å². The normalized spacial score (nSPS) is 10.7. The smallest absolute Gasteiger partial charge is 0.144 e. The molecule has 0 aliphatic heterocycles. The number of nitrogens with two attached hydrogens (primary N) is 1. The molecule has 1 aromatic heterocycles. The molecule has 1 aromatic carbocycles. The second kappa shape index (κ2) is 6.97. The van der Waals surface area contributed by atoms with Crippen molar-refractivity contribution < 1.29 is 4.74 Å². The highest BCUT2D eigenvalue weighted by Gasteiger charge is 2.13. The molecule has 0 aliphatic rings. The highest BCUT2D eigenvalue weighted by molar-refractivity contribution is 5.74. The van der Waals surface area contributed by atoms with Crippen LogP contribution in [-0.2, 0) is 6.54 Å².